The molecule has 0 aromatic heterocycles. The molecule has 5 heteroatoms. The Kier molecular flexibility index (Phi) is 5.80. The normalized spacial score (nSPS) is 16.3. The first-order valence-corrected chi connectivity index (χ1v) is 9.46. The Balaban J connectivity index is 1.82. The van der Waals surface area contributed by atoms with Crippen LogP contribution in [0, 0.1) is 19.7 Å². The van der Waals surface area contributed by atoms with E-state index < -0.39 is 0 Å². The Morgan fingerprint density at radius 1 is 1.07 bits per heavy atom. The predicted octanol–water partition coefficient (Wildman–Crippen LogP) is 3.69. The van der Waals surface area contributed by atoms with Gasteiger partial charge < -0.3 is 15.1 Å². The average Bonchev–Trinajstić information content (AvgIpc) is 2.62. The van der Waals surface area contributed by atoms with E-state index in [1.807, 2.05) is 45.0 Å². The second-order valence-corrected chi connectivity index (χ2v) is 7.51. The summed E-state index contributed by atoms with van der Waals surface area (Å²) in [5, 5.41) is 3.05. The summed E-state index contributed by atoms with van der Waals surface area (Å²) in [7, 11) is 2.11. The van der Waals surface area contributed by atoms with Gasteiger partial charge in [-0.15, -0.1) is 0 Å². The smallest absolute Gasteiger partial charge is 0.252 e. The predicted molar refractivity (Wildman–Crippen MR) is 108 cm³/mol. The molecule has 0 aliphatic carbocycles. The number of piperazine rings is 1. The maximum Gasteiger partial charge on any atom is 0.252 e. The molecule has 0 spiro atoms. The van der Waals surface area contributed by atoms with E-state index in [1.54, 1.807) is 6.07 Å². The third-order valence-corrected chi connectivity index (χ3v) is 5.27. The maximum absolute atomic E-state index is 14.0. The molecular weight excluding hydrogens is 341 g/mol. The molecule has 27 heavy (non-hydrogen) atoms. The van der Waals surface area contributed by atoms with E-state index in [-0.39, 0.29) is 17.8 Å². The van der Waals surface area contributed by atoms with Crippen LogP contribution in [0.25, 0.3) is 0 Å². The Morgan fingerprint density at radius 3 is 2.44 bits per heavy atom. The van der Waals surface area contributed by atoms with Crippen molar-refractivity contribution in [3.05, 3.63) is 64.5 Å². The van der Waals surface area contributed by atoms with Crippen LogP contribution >= 0.6 is 0 Å². The number of benzene rings is 2. The van der Waals surface area contributed by atoms with Gasteiger partial charge in [-0.25, -0.2) is 4.39 Å². The second kappa shape index (κ2) is 8.09. The number of halogens is 1. The average molecular weight is 369 g/mol. The van der Waals surface area contributed by atoms with Crippen molar-refractivity contribution in [3.8, 4) is 0 Å². The molecule has 1 saturated heterocycles. The van der Waals surface area contributed by atoms with Crippen LogP contribution in [0.1, 0.15) is 40.0 Å². The van der Waals surface area contributed by atoms with Crippen molar-refractivity contribution in [2.24, 2.45) is 0 Å². The molecule has 144 valence electrons. The molecule has 1 aliphatic rings. The summed E-state index contributed by atoms with van der Waals surface area (Å²) in [4.78, 5) is 17.3. The fraction of sp³-hybridized carbons (Fsp3) is 0.409. The molecule has 1 amide bonds. The number of carbonyl (C=O) groups is 1. The van der Waals surface area contributed by atoms with Crippen molar-refractivity contribution in [3.63, 3.8) is 0 Å². The van der Waals surface area contributed by atoms with Gasteiger partial charge in [0.1, 0.15) is 5.82 Å². The molecule has 2 aromatic carbocycles. The third kappa shape index (κ3) is 4.48. The van der Waals surface area contributed by atoms with Crippen molar-refractivity contribution in [2.75, 3.05) is 38.1 Å². The van der Waals surface area contributed by atoms with E-state index in [9.17, 15) is 9.18 Å². The highest BCUT2D eigenvalue weighted by Gasteiger charge is 2.22. The highest BCUT2D eigenvalue weighted by atomic mass is 19.1. The SMILES string of the molecule is Cc1ccc(C(=O)NC(C)c2cc(F)ccc2N2CCN(C)CC2)c(C)c1. The summed E-state index contributed by atoms with van der Waals surface area (Å²) in [6, 6.07) is 10.4. The van der Waals surface area contributed by atoms with Gasteiger partial charge in [-0.3, -0.25) is 4.79 Å². The van der Waals surface area contributed by atoms with E-state index in [2.05, 4.69) is 22.2 Å². The van der Waals surface area contributed by atoms with Gasteiger partial charge in [0.2, 0.25) is 0 Å². The lowest BCUT2D eigenvalue weighted by molar-refractivity contribution is 0.0939. The minimum absolute atomic E-state index is 0.131. The number of anilines is 1. The standard InChI is InChI=1S/C22H28FN3O/c1-15-5-7-19(16(2)13-15)22(27)24-17(3)20-14-18(23)6-8-21(20)26-11-9-25(4)10-12-26/h5-8,13-14,17H,9-12H2,1-4H3,(H,24,27). The van der Waals surface area contributed by atoms with E-state index >= 15 is 0 Å². The molecule has 0 radical (unpaired) electrons. The topological polar surface area (TPSA) is 35.6 Å². The Morgan fingerprint density at radius 2 is 1.78 bits per heavy atom. The van der Waals surface area contributed by atoms with Crippen molar-refractivity contribution in [2.45, 2.75) is 26.8 Å². The highest BCUT2D eigenvalue weighted by molar-refractivity contribution is 5.96. The lowest BCUT2D eigenvalue weighted by atomic mass is 10.0. The number of likely N-dealkylation sites (N-methyl/N-ethyl adjacent to an activating group) is 1. The van der Waals surface area contributed by atoms with E-state index in [4.69, 9.17) is 0 Å². The fourth-order valence-corrected chi connectivity index (χ4v) is 3.63. The first-order chi connectivity index (χ1) is 12.8. The van der Waals surface area contributed by atoms with Crippen LogP contribution in [-0.4, -0.2) is 44.0 Å². The minimum Gasteiger partial charge on any atom is -0.369 e. The Hall–Kier alpha value is -2.40. The second-order valence-electron chi connectivity index (χ2n) is 7.51. The lowest BCUT2D eigenvalue weighted by Crippen LogP contribution is -2.45. The molecule has 3 rings (SSSR count). The molecule has 1 fully saturated rings. The summed E-state index contributed by atoms with van der Waals surface area (Å²) in [5.74, 6) is -0.413. The monoisotopic (exact) mass is 369 g/mol. The first-order valence-electron chi connectivity index (χ1n) is 9.46. The van der Waals surface area contributed by atoms with Crippen molar-refractivity contribution in [1.82, 2.24) is 10.2 Å². The summed E-state index contributed by atoms with van der Waals surface area (Å²) in [6.45, 7) is 9.59. The van der Waals surface area contributed by atoms with Gasteiger partial charge in [0.25, 0.3) is 5.91 Å². The fourth-order valence-electron chi connectivity index (χ4n) is 3.63. The molecule has 1 aliphatic heterocycles. The van der Waals surface area contributed by atoms with Gasteiger partial charge in [0.05, 0.1) is 6.04 Å². The van der Waals surface area contributed by atoms with Gasteiger partial charge in [-0.05, 0) is 57.6 Å². The number of amides is 1. The van der Waals surface area contributed by atoms with Crippen molar-refractivity contribution < 1.29 is 9.18 Å². The lowest BCUT2D eigenvalue weighted by Gasteiger charge is -2.36. The van der Waals surface area contributed by atoms with Crippen LogP contribution in [0.5, 0.6) is 0 Å². The third-order valence-electron chi connectivity index (χ3n) is 5.27. The summed E-state index contributed by atoms with van der Waals surface area (Å²) in [5.41, 5.74) is 4.54. The molecule has 4 nitrogen and oxygen atoms in total. The molecule has 0 bridgehead atoms. The highest BCUT2D eigenvalue weighted by Crippen LogP contribution is 2.28. The van der Waals surface area contributed by atoms with Gasteiger partial charge in [-0.1, -0.05) is 17.7 Å². The quantitative estimate of drug-likeness (QED) is 0.893. The molecule has 1 heterocycles. The van der Waals surface area contributed by atoms with Crippen LogP contribution in [0.3, 0.4) is 0 Å². The zero-order valence-electron chi connectivity index (χ0n) is 16.6. The zero-order chi connectivity index (χ0) is 19.6. The number of rotatable bonds is 4. The number of hydrogen-bond donors (Lipinski definition) is 1. The molecule has 0 saturated carbocycles. The Bertz CT molecular complexity index is 828. The molecule has 1 unspecified atom stereocenters. The number of carbonyl (C=O) groups excluding carboxylic acids is 1. The van der Waals surface area contributed by atoms with E-state index in [1.165, 1.54) is 6.07 Å². The summed E-state index contributed by atoms with van der Waals surface area (Å²) >= 11 is 0. The van der Waals surface area contributed by atoms with Crippen LogP contribution in [-0.2, 0) is 0 Å². The molecule has 2 aromatic rings. The first kappa shape index (κ1) is 19.4. The van der Waals surface area contributed by atoms with Gasteiger partial charge >= 0.3 is 0 Å². The van der Waals surface area contributed by atoms with E-state index in [0.717, 1.165) is 48.6 Å². The van der Waals surface area contributed by atoms with Crippen molar-refractivity contribution in [1.29, 1.82) is 0 Å². The summed E-state index contributed by atoms with van der Waals surface area (Å²) < 4.78 is 14.0. The van der Waals surface area contributed by atoms with E-state index in [0.29, 0.717) is 5.56 Å². The number of aryl methyl sites for hydroxylation is 2. The van der Waals surface area contributed by atoms with Crippen LogP contribution in [0.15, 0.2) is 36.4 Å². The van der Waals surface area contributed by atoms with Gasteiger partial charge in [-0.2, -0.15) is 0 Å². The van der Waals surface area contributed by atoms with Crippen molar-refractivity contribution >= 4 is 11.6 Å². The van der Waals surface area contributed by atoms with Crippen LogP contribution < -0.4 is 10.2 Å². The number of nitrogens with zero attached hydrogens (tertiary/aromatic N) is 2. The molecule has 1 atom stereocenters. The number of hydrogen-bond acceptors (Lipinski definition) is 3. The maximum atomic E-state index is 14.0. The molecule has 1 N–H and O–H groups in total. The largest absolute Gasteiger partial charge is 0.369 e. The Labute approximate surface area is 161 Å². The zero-order valence-corrected chi connectivity index (χ0v) is 16.6. The number of nitrogens with one attached hydrogen (secondary N) is 1. The molecular formula is C22H28FN3O. The summed E-state index contributed by atoms with van der Waals surface area (Å²) in [6.07, 6.45) is 0. The minimum atomic E-state index is -0.288. The van der Waals surface area contributed by atoms with Gasteiger partial charge in [0.15, 0.2) is 0 Å². The van der Waals surface area contributed by atoms with Gasteiger partial charge in [0, 0.05) is 43.0 Å². The van der Waals surface area contributed by atoms with Crippen LogP contribution in [0.4, 0.5) is 10.1 Å². The van der Waals surface area contributed by atoms with Crippen LogP contribution in [0.2, 0.25) is 0 Å².